The Morgan fingerprint density at radius 2 is 1.71 bits per heavy atom. The van der Waals surface area contributed by atoms with Crippen molar-refractivity contribution in [1.82, 2.24) is 10.2 Å². The quantitative estimate of drug-likeness (QED) is 0.728. The van der Waals surface area contributed by atoms with Gasteiger partial charge < -0.3 is 15.0 Å². The average molecular weight is 389 g/mol. The van der Waals surface area contributed by atoms with Gasteiger partial charge in [-0.05, 0) is 29.7 Å². The van der Waals surface area contributed by atoms with Crippen LogP contribution in [0.5, 0.6) is 0 Å². The molecule has 1 aliphatic heterocycles. The summed E-state index contributed by atoms with van der Waals surface area (Å²) in [6, 6.07) is 8.57. The molecule has 1 aromatic rings. The lowest BCUT2D eigenvalue weighted by atomic mass is 9.92. The Labute approximate surface area is 167 Å². The van der Waals surface area contributed by atoms with Crippen molar-refractivity contribution >= 4 is 17.8 Å². The van der Waals surface area contributed by atoms with Gasteiger partial charge in [0.25, 0.3) is 5.91 Å². The molecule has 154 valence electrons. The molecule has 0 saturated carbocycles. The molecule has 1 N–H and O–H groups in total. The molecule has 0 aliphatic carbocycles. The van der Waals surface area contributed by atoms with Crippen LogP contribution < -0.4 is 5.32 Å². The number of carbonyl (C=O) groups excluding carboxylic acids is 3. The maximum atomic E-state index is 12.5. The van der Waals surface area contributed by atoms with E-state index in [0.717, 1.165) is 12.0 Å². The summed E-state index contributed by atoms with van der Waals surface area (Å²) in [6.45, 7) is 9.04. The Balaban J connectivity index is 1.86. The van der Waals surface area contributed by atoms with Crippen molar-refractivity contribution in [3.63, 3.8) is 0 Å². The van der Waals surface area contributed by atoms with Gasteiger partial charge in [0.1, 0.15) is 6.04 Å². The lowest BCUT2D eigenvalue weighted by molar-refractivity contribution is -0.156. The molecule has 0 aromatic heterocycles. The minimum Gasteiger partial charge on any atom is -0.454 e. The summed E-state index contributed by atoms with van der Waals surface area (Å²) in [6.07, 6.45) is 1.30. The first-order chi connectivity index (χ1) is 13.3. The largest absolute Gasteiger partial charge is 0.454 e. The van der Waals surface area contributed by atoms with E-state index in [0.29, 0.717) is 24.9 Å². The van der Waals surface area contributed by atoms with Crippen molar-refractivity contribution in [3.8, 4) is 0 Å². The number of ether oxygens (including phenoxy) is 1. The molecule has 1 saturated heterocycles. The Morgan fingerprint density at radius 1 is 1.11 bits per heavy atom. The molecule has 1 aliphatic rings. The van der Waals surface area contributed by atoms with E-state index >= 15 is 0 Å². The van der Waals surface area contributed by atoms with E-state index in [9.17, 15) is 14.4 Å². The summed E-state index contributed by atoms with van der Waals surface area (Å²) in [5, 5.41) is 2.74. The number of esters is 1. The Bertz CT molecular complexity index is 664. The third-order valence-corrected chi connectivity index (χ3v) is 5.00. The van der Waals surface area contributed by atoms with Gasteiger partial charge in [0.2, 0.25) is 5.91 Å². The van der Waals surface area contributed by atoms with Gasteiger partial charge in [-0.15, -0.1) is 0 Å². The minimum atomic E-state index is -0.775. The van der Waals surface area contributed by atoms with E-state index in [4.69, 9.17) is 4.74 Å². The lowest BCUT2D eigenvalue weighted by Gasteiger charge is -2.35. The first kappa shape index (κ1) is 21.9. The van der Waals surface area contributed by atoms with Crippen molar-refractivity contribution in [2.75, 3.05) is 19.7 Å². The highest BCUT2D eigenvalue weighted by atomic mass is 16.5. The van der Waals surface area contributed by atoms with Crippen molar-refractivity contribution in [2.24, 2.45) is 17.8 Å². The molecule has 28 heavy (non-hydrogen) atoms. The fourth-order valence-electron chi connectivity index (χ4n) is 3.68. The van der Waals surface area contributed by atoms with Gasteiger partial charge in [0.05, 0.1) is 6.42 Å². The molecule has 1 aromatic carbocycles. The van der Waals surface area contributed by atoms with Crippen molar-refractivity contribution in [3.05, 3.63) is 35.9 Å². The number of nitrogens with one attached hydrogen (secondary N) is 1. The van der Waals surface area contributed by atoms with Crippen LogP contribution in [0, 0.1) is 17.8 Å². The van der Waals surface area contributed by atoms with Crippen LogP contribution in [0.15, 0.2) is 30.3 Å². The molecular weight excluding hydrogens is 356 g/mol. The van der Waals surface area contributed by atoms with Crippen LogP contribution in [0.25, 0.3) is 0 Å². The Kier molecular flexibility index (Phi) is 8.03. The van der Waals surface area contributed by atoms with Gasteiger partial charge in [-0.25, -0.2) is 4.79 Å². The highest BCUT2D eigenvalue weighted by Gasteiger charge is 2.29. The number of amides is 2. The van der Waals surface area contributed by atoms with E-state index < -0.39 is 12.0 Å². The zero-order valence-corrected chi connectivity index (χ0v) is 17.3. The van der Waals surface area contributed by atoms with Crippen molar-refractivity contribution in [2.45, 2.75) is 46.6 Å². The number of benzene rings is 1. The number of hydrogen-bond donors (Lipinski definition) is 1. The summed E-state index contributed by atoms with van der Waals surface area (Å²) in [5.74, 6) is -0.231. The minimum absolute atomic E-state index is 0.141. The van der Waals surface area contributed by atoms with Crippen LogP contribution in [-0.4, -0.2) is 48.4 Å². The predicted molar refractivity (Wildman–Crippen MR) is 107 cm³/mol. The van der Waals surface area contributed by atoms with Crippen LogP contribution in [0.1, 0.15) is 39.7 Å². The highest BCUT2D eigenvalue weighted by molar-refractivity contribution is 5.87. The van der Waals surface area contributed by atoms with Gasteiger partial charge in [0.15, 0.2) is 6.61 Å². The number of carbonyl (C=O) groups is 3. The van der Waals surface area contributed by atoms with Gasteiger partial charge in [0, 0.05) is 13.1 Å². The van der Waals surface area contributed by atoms with Crippen LogP contribution in [0.2, 0.25) is 0 Å². The molecule has 2 amide bonds. The van der Waals surface area contributed by atoms with E-state index in [2.05, 4.69) is 19.2 Å². The molecule has 3 atom stereocenters. The lowest BCUT2D eigenvalue weighted by Crippen LogP contribution is -2.48. The average Bonchev–Trinajstić information content (AvgIpc) is 2.63. The topological polar surface area (TPSA) is 75.7 Å². The molecule has 2 rings (SSSR count). The summed E-state index contributed by atoms with van der Waals surface area (Å²) in [4.78, 5) is 39.0. The zero-order chi connectivity index (χ0) is 20.7. The molecule has 1 fully saturated rings. The summed E-state index contributed by atoms with van der Waals surface area (Å²) in [7, 11) is 0. The second-order valence-electron chi connectivity index (χ2n) is 8.30. The van der Waals surface area contributed by atoms with E-state index in [1.165, 1.54) is 0 Å². The van der Waals surface area contributed by atoms with E-state index in [-0.39, 0.29) is 30.8 Å². The van der Waals surface area contributed by atoms with Crippen molar-refractivity contribution < 1.29 is 19.1 Å². The molecule has 0 unspecified atom stereocenters. The molecule has 0 spiro atoms. The molecule has 6 heteroatoms. The van der Waals surface area contributed by atoms with Crippen LogP contribution in [0.4, 0.5) is 0 Å². The summed E-state index contributed by atoms with van der Waals surface area (Å²) >= 11 is 0. The first-order valence-corrected chi connectivity index (χ1v) is 10.0. The summed E-state index contributed by atoms with van der Waals surface area (Å²) < 4.78 is 5.26. The summed E-state index contributed by atoms with van der Waals surface area (Å²) in [5.41, 5.74) is 0.874. The van der Waals surface area contributed by atoms with Crippen LogP contribution >= 0.6 is 0 Å². The normalized spacial score (nSPS) is 20.5. The third-order valence-electron chi connectivity index (χ3n) is 5.00. The van der Waals surface area contributed by atoms with Crippen LogP contribution in [-0.2, 0) is 25.5 Å². The van der Waals surface area contributed by atoms with Gasteiger partial charge in [-0.2, -0.15) is 0 Å². The van der Waals surface area contributed by atoms with Gasteiger partial charge in [-0.3, -0.25) is 9.59 Å². The SMILES string of the molecule is CC(C)[C@H](NC(=O)Cc1ccccc1)C(=O)OCC(=O)N1C[C@@H](C)C[C@H](C)C1. The molecule has 1 heterocycles. The second kappa shape index (κ2) is 10.2. The third kappa shape index (κ3) is 6.66. The van der Waals surface area contributed by atoms with Crippen molar-refractivity contribution in [1.29, 1.82) is 0 Å². The maximum absolute atomic E-state index is 12.5. The maximum Gasteiger partial charge on any atom is 0.329 e. The molecular formula is C22H32N2O4. The zero-order valence-electron chi connectivity index (χ0n) is 17.3. The van der Waals surface area contributed by atoms with Gasteiger partial charge in [-0.1, -0.05) is 58.0 Å². The highest BCUT2D eigenvalue weighted by Crippen LogP contribution is 2.21. The molecule has 6 nitrogen and oxygen atoms in total. The number of hydrogen-bond acceptors (Lipinski definition) is 4. The first-order valence-electron chi connectivity index (χ1n) is 10.0. The standard InChI is InChI=1S/C22H32N2O4/c1-15(2)21(23-19(25)11-18-8-6-5-7-9-18)22(27)28-14-20(26)24-12-16(3)10-17(4)13-24/h5-9,15-17,21H,10-14H2,1-4H3,(H,23,25)/t16-,17-,21-/m0/s1. The monoisotopic (exact) mass is 388 g/mol. The number of rotatable bonds is 7. The molecule has 0 radical (unpaired) electrons. The van der Waals surface area contributed by atoms with Gasteiger partial charge >= 0.3 is 5.97 Å². The fourth-order valence-corrected chi connectivity index (χ4v) is 3.68. The second-order valence-corrected chi connectivity index (χ2v) is 8.30. The predicted octanol–water partition coefficient (Wildman–Crippen LogP) is 2.42. The number of likely N-dealkylation sites (tertiary alicyclic amines) is 1. The molecule has 0 bridgehead atoms. The van der Waals surface area contributed by atoms with E-state index in [1.807, 2.05) is 44.2 Å². The fraction of sp³-hybridized carbons (Fsp3) is 0.591. The number of piperidine rings is 1. The Morgan fingerprint density at radius 3 is 2.29 bits per heavy atom. The Hall–Kier alpha value is -2.37. The van der Waals surface area contributed by atoms with Crippen LogP contribution in [0.3, 0.4) is 0 Å². The number of nitrogens with zero attached hydrogens (tertiary/aromatic N) is 1. The van der Waals surface area contributed by atoms with E-state index in [1.54, 1.807) is 4.90 Å². The smallest absolute Gasteiger partial charge is 0.329 e.